The van der Waals surface area contributed by atoms with Crippen LogP contribution in [0.5, 0.6) is 0 Å². The van der Waals surface area contributed by atoms with Gasteiger partial charge in [0.25, 0.3) is 5.91 Å². The van der Waals surface area contributed by atoms with E-state index in [0.29, 0.717) is 13.2 Å². The molecule has 0 spiro atoms. The van der Waals surface area contributed by atoms with Crippen molar-refractivity contribution >= 4 is 11.9 Å². The molecule has 6 heteroatoms. The van der Waals surface area contributed by atoms with Gasteiger partial charge in [0.2, 0.25) is 0 Å². The highest BCUT2D eigenvalue weighted by Gasteiger charge is 2.31. The van der Waals surface area contributed by atoms with Crippen molar-refractivity contribution in [3.8, 4) is 0 Å². The summed E-state index contributed by atoms with van der Waals surface area (Å²) in [7, 11) is 0. The van der Waals surface area contributed by atoms with E-state index in [2.05, 4.69) is 5.32 Å². The molecule has 2 rings (SSSR count). The number of furan rings is 1. The molecule has 2 atom stereocenters. The van der Waals surface area contributed by atoms with Gasteiger partial charge in [-0.15, -0.1) is 0 Å². The lowest BCUT2D eigenvalue weighted by Crippen LogP contribution is -2.48. The van der Waals surface area contributed by atoms with Crippen molar-refractivity contribution in [3.05, 3.63) is 24.2 Å². The molecule has 1 saturated heterocycles. The van der Waals surface area contributed by atoms with Gasteiger partial charge in [-0.2, -0.15) is 0 Å². The van der Waals surface area contributed by atoms with E-state index in [1.807, 2.05) is 0 Å². The third kappa shape index (κ3) is 2.89. The minimum absolute atomic E-state index is 0.109. The molecule has 1 aromatic heterocycles. The number of nitrogens with one attached hydrogen (secondary N) is 1. The van der Waals surface area contributed by atoms with Crippen molar-refractivity contribution < 1.29 is 23.8 Å². The number of carboxylic acid groups (broad SMARTS) is 1. The van der Waals surface area contributed by atoms with Gasteiger partial charge in [-0.25, -0.2) is 4.79 Å². The van der Waals surface area contributed by atoms with Crippen LogP contribution in [0.1, 0.15) is 23.4 Å². The molecule has 0 bridgehead atoms. The molecule has 2 unspecified atom stereocenters. The molecule has 1 aromatic rings. The van der Waals surface area contributed by atoms with Gasteiger partial charge in [0.1, 0.15) is 6.04 Å². The topological polar surface area (TPSA) is 88.8 Å². The van der Waals surface area contributed by atoms with Crippen LogP contribution in [0.25, 0.3) is 0 Å². The van der Waals surface area contributed by atoms with Crippen molar-refractivity contribution in [1.29, 1.82) is 0 Å². The average molecular weight is 253 g/mol. The third-order valence-corrected chi connectivity index (χ3v) is 2.96. The Morgan fingerprint density at radius 3 is 2.89 bits per heavy atom. The molecule has 1 aliphatic heterocycles. The molecule has 1 aliphatic rings. The number of hydrogen-bond donors (Lipinski definition) is 2. The molecule has 0 radical (unpaired) electrons. The molecule has 98 valence electrons. The van der Waals surface area contributed by atoms with Crippen LogP contribution >= 0.6 is 0 Å². The molecule has 0 aromatic carbocycles. The first-order chi connectivity index (χ1) is 8.68. The normalized spacial score (nSPS) is 21.2. The summed E-state index contributed by atoms with van der Waals surface area (Å²) in [5, 5.41) is 11.6. The summed E-state index contributed by atoms with van der Waals surface area (Å²) < 4.78 is 10.2. The predicted molar refractivity (Wildman–Crippen MR) is 61.1 cm³/mol. The number of carbonyl (C=O) groups is 2. The molecule has 6 nitrogen and oxygen atoms in total. The fourth-order valence-corrected chi connectivity index (χ4v) is 2.03. The highest BCUT2D eigenvalue weighted by molar-refractivity contribution is 5.94. The molecule has 0 aliphatic carbocycles. The van der Waals surface area contributed by atoms with E-state index < -0.39 is 17.9 Å². The first kappa shape index (κ1) is 12.6. The Hall–Kier alpha value is -1.82. The lowest BCUT2D eigenvalue weighted by Gasteiger charge is -2.27. The van der Waals surface area contributed by atoms with E-state index in [0.717, 1.165) is 12.8 Å². The molecule has 1 amide bonds. The number of ether oxygens (including phenoxy) is 1. The second-order valence-electron chi connectivity index (χ2n) is 4.24. The molecule has 0 saturated carbocycles. The Bertz CT molecular complexity index is 408. The Kier molecular flexibility index (Phi) is 3.99. The van der Waals surface area contributed by atoms with E-state index in [-0.39, 0.29) is 11.7 Å². The summed E-state index contributed by atoms with van der Waals surface area (Å²) in [6.45, 7) is 1.00. The van der Waals surface area contributed by atoms with Crippen LogP contribution in [0.3, 0.4) is 0 Å². The van der Waals surface area contributed by atoms with Crippen LogP contribution in [-0.4, -0.2) is 36.2 Å². The van der Waals surface area contributed by atoms with Gasteiger partial charge in [-0.1, -0.05) is 0 Å². The number of amides is 1. The lowest BCUT2D eigenvalue weighted by atomic mass is 9.93. The number of aliphatic carboxylic acids is 1. The van der Waals surface area contributed by atoms with Crippen molar-refractivity contribution in [2.45, 2.75) is 18.9 Å². The van der Waals surface area contributed by atoms with E-state index in [9.17, 15) is 14.7 Å². The van der Waals surface area contributed by atoms with Crippen LogP contribution in [0.2, 0.25) is 0 Å². The Morgan fingerprint density at radius 2 is 2.33 bits per heavy atom. The number of hydrogen-bond acceptors (Lipinski definition) is 4. The van der Waals surface area contributed by atoms with Crippen LogP contribution in [-0.2, 0) is 9.53 Å². The molecular weight excluding hydrogens is 238 g/mol. The SMILES string of the molecule is O=C(NC(C(=O)O)C1CCCOC1)c1ccco1. The molecule has 18 heavy (non-hydrogen) atoms. The minimum Gasteiger partial charge on any atom is -0.480 e. The average Bonchev–Trinajstić information content (AvgIpc) is 2.90. The van der Waals surface area contributed by atoms with Crippen molar-refractivity contribution in [1.82, 2.24) is 5.32 Å². The summed E-state index contributed by atoms with van der Waals surface area (Å²) in [6, 6.07) is 2.13. The lowest BCUT2D eigenvalue weighted by molar-refractivity contribution is -0.142. The molecular formula is C12H15NO5. The van der Waals surface area contributed by atoms with Crippen LogP contribution in [0, 0.1) is 5.92 Å². The predicted octanol–water partition coefficient (Wildman–Crippen LogP) is 0.889. The van der Waals surface area contributed by atoms with E-state index >= 15 is 0 Å². The van der Waals surface area contributed by atoms with Crippen molar-refractivity contribution in [2.24, 2.45) is 5.92 Å². The summed E-state index contributed by atoms with van der Waals surface area (Å²) in [5.74, 6) is -1.66. The van der Waals surface area contributed by atoms with Crippen LogP contribution in [0.15, 0.2) is 22.8 Å². The first-order valence-electron chi connectivity index (χ1n) is 5.83. The Balaban J connectivity index is 2.02. The van der Waals surface area contributed by atoms with Crippen molar-refractivity contribution in [2.75, 3.05) is 13.2 Å². The highest BCUT2D eigenvalue weighted by atomic mass is 16.5. The number of carbonyl (C=O) groups excluding carboxylic acids is 1. The second kappa shape index (κ2) is 5.68. The van der Waals surface area contributed by atoms with Crippen LogP contribution in [0.4, 0.5) is 0 Å². The third-order valence-electron chi connectivity index (χ3n) is 2.96. The van der Waals surface area contributed by atoms with Gasteiger partial charge >= 0.3 is 5.97 Å². The number of carboxylic acids is 1. The zero-order chi connectivity index (χ0) is 13.0. The van der Waals surface area contributed by atoms with Crippen molar-refractivity contribution in [3.63, 3.8) is 0 Å². The maximum absolute atomic E-state index is 11.8. The van der Waals surface area contributed by atoms with Gasteiger partial charge < -0.3 is 19.6 Å². The van der Waals surface area contributed by atoms with E-state index in [1.54, 1.807) is 6.07 Å². The monoisotopic (exact) mass is 253 g/mol. The minimum atomic E-state index is -1.05. The smallest absolute Gasteiger partial charge is 0.326 e. The number of rotatable bonds is 4. The maximum Gasteiger partial charge on any atom is 0.326 e. The van der Waals surface area contributed by atoms with Gasteiger partial charge in [0, 0.05) is 12.5 Å². The Morgan fingerprint density at radius 1 is 1.50 bits per heavy atom. The molecule has 2 N–H and O–H groups in total. The molecule has 1 fully saturated rings. The highest BCUT2D eigenvalue weighted by Crippen LogP contribution is 2.18. The standard InChI is InChI=1S/C12H15NO5/c14-11(9-4-2-6-18-9)13-10(12(15)16)8-3-1-5-17-7-8/h2,4,6,8,10H,1,3,5,7H2,(H,13,14)(H,15,16). The van der Waals surface area contributed by atoms with E-state index in [1.165, 1.54) is 12.3 Å². The first-order valence-corrected chi connectivity index (χ1v) is 5.83. The summed E-state index contributed by atoms with van der Waals surface area (Å²) in [4.78, 5) is 23.0. The largest absolute Gasteiger partial charge is 0.480 e. The summed E-state index contributed by atoms with van der Waals surface area (Å²) in [5.41, 5.74) is 0. The van der Waals surface area contributed by atoms with Gasteiger partial charge in [0.15, 0.2) is 5.76 Å². The molecule has 2 heterocycles. The fourth-order valence-electron chi connectivity index (χ4n) is 2.03. The van der Waals surface area contributed by atoms with Gasteiger partial charge in [-0.3, -0.25) is 4.79 Å². The summed E-state index contributed by atoms with van der Waals surface area (Å²) in [6.07, 6.45) is 2.91. The van der Waals surface area contributed by atoms with E-state index in [4.69, 9.17) is 9.15 Å². The Labute approximate surface area is 104 Å². The fraction of sp³-hybridized carbons (Fsp3) is 0.500. The van der Waals surface area contributed by atoms with Crippen LogP contribution < -0.4 is 5.32 Å². The van der Waals surface area contributed by atoms with Gasteiger partial charge in [-0.05, 0) is 25.0 Å². The summed E-state index contributed by atoms with van der Waals surface area (Å²) >= 11 is 0. The maximum atomic E-state index is 11.8. The zero-order valence-electron chi connectivity index (χ0n) is 9.80. The second-order valence-corrected chi connectivity index (χ2v) is 4.24. The van der Waals surface area contributed by atoms with Gasteiger partial charge in [0.05, 0.1) is 12.9 Å². The zero-order valence-corrected chi connectivity index (χ0v) is 9.80. The quantitative estimate of drug-likeness (QED) is 0.831.